The van der Waals surface area contributed by atoms with Crippen LogP contribution in [0.3, 0.4) is 0 Å². The molecule has 2 heterocycles. The molecule has 0 spiro atoms. The molecule has 0 atom stereocenters. The number of fused-ring (bicyclic) bond motifs is 1. The lowest BCUT2D eigenvalue weighted by molar-refractivity contribution is -0.137. The van der Waals surface area contributed by atoms with Gasteiger partial charge in [-0.3, -0.25) is 9.69 Å². The predicted molar refractivity (Wildman–Crippen MR) is 104 cm³/mol. The maximum atomic E-state index is 12.3. The lowest BCUT2D eigenvalue weighted by Gasteiger charge is -2.26. The summed E-state index contributed by atoms with van der Waals surface area (Å²) in [6.45, 7) is 4.27. The highest BCUT2D eigenvalue weighted by Gasteiger charge is 2.19. The number of nitrogens with zero attached hydrogens (tertiary/aromatic N) is 1. The molecule has 5 nitrogen and oxygen atoms in total. The Morgan fingerprint density at radius 2 is 2.08 bits per heavy atom. The monoisotopic (exact) mass is 370 g/mol. The zero-order valence-electron chi connectivity index (χ0n) is 14.7. The Labute approximate surface area is 157 Å². The van der Waals surface area contributed by atoms with E-state index in [1.807, 2.05) is 24.3 Å². The van der Waals surface area contributed by atoms with E-state index < -0.39 is 0 Å². The van der Waals surface area contributed by atoms with Gasteiger partial charge < -0.3 is 10.1 Å². The van der Waals surface area contributed by atoms with Gasteiger partial charge in [0.05, 0.1) is 13.2 Å². The first kappa shape index (κ1) is 18.4. The zero-order valence-corrected chi connectivity index (χ0v) is 15.6. The number of hydrogen-bond donors (Lipinski definition) is 1. The molecule has 0 bridgehead atoms. The van der Waals surface area contributed by atoms with Crippen LogP contribution in [0, 0.1) is 0 Å². The summed E-state index contributed by atoms with van der Waals surface area (Å²) < 4.78 is 4.84. The summed E-state index contributed by atoms with van der Waals surface area (Å²) in [5.74, 6) is -0.376. The molecular formula is C20H22N2O3S. The Hall–Kier alpha value is -2.44. The van der Waals surface area contributed by atoms with Crippen LogP contribution in [0.2, 0.25) is 0 Å². The maximum absolute atomic E-state index is 12.3. The van der Waals surface area contributed by atoms with E-state index in [0.29, 0.717) is 13.2 Å². The number of amides is 1. The van der Waals surface area contributed by atoms with Gasteiger partial charge >= 0.3 is 5.97 Å². The van der Waals surface area contributed by atoms with E-state index >= 15 is 0 Å². The van der Waals surface area contributed by atoms with Crippen LogP contribution in [0.5, 0.6) is 0 Å². The summed E-state index contributed by atoms with van der Waals surface area (Å²) in [6.07, 6.45) is 4.10. The van der Waals surface area contributed by atoms with Gasteiger partial charge in [0.2, 0.25) is 5.91 Å². The summed E-state index contributed by atoms with van der Waals surface area (Å²) in [7, 11) is 0. The van der Waals surface area contributed by atoms with Crippen molar-refractivity contribution in [1.82, 2.24) is 4.90 Å². The molecule has 1 aromatic heterocycles. The van der Waals surface area contributed by atoms with Crippen LogP contribution in [-0.2, 0) is 27.3 Å². The van der Waals surface area contributed by atoms with Crippen molar-refractivity contribution in [2.75, 3.05) is 25.0 Å². The average Bonchev–Trinajstić information content (AvgIpc) is 3.09. The number of carbonyl (C=O) groups excluding carboxylic acids is 2. The Morgan fingerprint density at radius 3 is 2.85 bits per heavy atom. The molecule has 0 saturated heterocycles. The molecule has 1 aliphatic rings. The van der Waals surface area contributed by atoms with Crippen LogP contribution in [-0.4, -0.2) is 36.5 Å². The molecule has 0 unspecified atom stereocenters. The lowest BCUT2D eigenvalue weighted by atomic mass is 10.1. The highest BCUT2D eigenvalue weighted by molar-refractivity contribution is 7.10. The highest BCUT2D eigenvalue weighted by Crippen LogP contribution is 2.23. The third-order valence-corrected chi connectivity index (χ3v) is 5.17. The van der Waals surface area contributed by atoms with E-state index in [1.165, 1.54) is 16.5 Å². The number of thiophene rings is 1. The fraction of sp³-hybridized carbons (Fsp3) is 0.300. The molecule has 6 heteroatoms. The SMILES string of the molecule is CCOC(=O)/C=C/c1ccc(NC(=O)CN2CCc3sccc3C2)cc1. The van der Waals surface area contributed by atoms with Crippen molar-refractivity contribution in [2.24, 2.45) is 0 Å². The van der Waals surface area contributed by atoms with E-state index in [4.69, 9.17) is 4.74 Å². The topological polar surface area (TPSA) is 58.6 Å². The molecule has 2 aromatic rings. The molecule has 1 amide bonds. The number of carbonyl (C=O) groups is 2. The molecule has 3 rings (SSSR count). The van der Waals surface area contributed by atoms with Gasteiger partial charge in [-0.1, -0.05) is 12.1 Å². The number of benzene rings is 1. The molecule has 0 radical (unpaired) electrons. The fourth-order valence-electron chi connectivity index (χ4n) is 2.88. The normalized spacial score (nSPS) is 14.2. The number of rotatable bonds is 6. The fourth-order valence-corrected chi connectivity index (χ4v) is 3.77. The van der Waals surface area contributed by atoms with E-state index in [1.54, 1.807) is 24.3 Å². The second-order valence-electron chi connectivity index (χ2n) is 6.09. The van der Waals surface area contributed by atoms with Crippen molar-refractivity contribution >= 4 is 35.0 Å². The van der Waals surface area contributed by atoms with Gasteiger partial charge in [0, 0.05) is 29.7 Å². The number of hydrogen-bond acceptors (Lipinski definition) is 5. The largest absolute Gasteiger partial charge is 0.463 e. The molecule has 1 aromatic carbocycles. The number of anilines is 1. The Kier molecular flexibility index (Phi) is 6.20. The summed E-state index contributed by atoms with van der Waals surface area (Å²) in [6, 6.07) is 9.51. The summed E-state index contributed by atoms with van der Waals surface area (Å²) in [5.41, 5.74) is 2.96. The van der Waals surface area contributed by atoms with Crippen molar-refractivity contribution in [3.63, 3.8) is 0 Å². The van der Waals surface area contributed by atoms with Crippen LogP contribution in [0.25, 0.3) is 6.08 Å². The number of nitrogens with one attached hydrogen (secondary N) is 1. The molecule has 0 aliphatic carbocycles. The van der Waals surface area contributed by atoms with Gasteiger partial charge in [-0.05, 0) is 54.1 Å². The van der Waals surface area contributed by atoms with Gasteiger partial charge in [0.15, 0.2) is 0 Å². The third kappa shape index (κ3) is 5.03. The second-order valence-corrected chi connectivity index (χ2v) is 7.09. The molecule has 0 saturated carbocycles. The van der Waals surface area contributed by atoms with Crippen molar-refractivity contribution < 1.29 is 14.3 Å². The minimum Gasteiger partial charge on any atom is -0.463 e. The number of esters is 1. The minimum absolute atomic E-state index is 0.0153. The Balaban J connectivity index is 1.49. The third-order valence-electron chi connectivity index (χ3n) is 4.15. The zero-order chi connectivity index (χ0) is 18.4. The highest BCUT2D eigenvalue weighted by atomic mass is 32.1. The first-order valence-corrected chi connectivity index (χ1v) is 9.54. The van der Waals surface area contributed by atoms with Crippen molar-refractivity contribution in [3.05, 3.63) is 57.8 Å². The van der Waals surface area contributed by atoms with Crippen LogP contribution in [0.15, 0.2) is 41.8 Å². The van der Waals surface area contributed by atoms with Crippen LogP contribution in [0.4, 0.5) is 5.69 Å². The van der Waals surface area contributed by atoms with Gasteiger partial charge in [0.25, 0.3) is 0 Å². The van der Waals surface area contributed by atoms with E-state index in [2.05, 4.69) is 21.7 Å². The van der Waals surface area contributed by atoms with Crippen molar-refractivity contribution in [3.8, 4) is 0 Å². The molecule has 0 fully saturated rings. The van der Waals surface area contributed by atoms with Gasteiger partial charge in [-0.2, -0.15) is 0 Å². The first-order valence-electron chi connectivity index (χ1n) is 8.66. The summed E-state index contributed by atoms with van der Waals surface area (Å²) in [4.78, 5) is 27.2. The summed E-state index contributed by atoms with van der Waals surface area (Å²) >= 11 is 1.80. The standard InChI is InChI=1S/C20H22N2O3S/c1-2-25-20(24)8-5-15-3-6-17(7-4-15)21-19(23)14-22-11-9-18-16(13-22)10-12-26-18/h3-8,10,12H,2,9,11,13-14H2,1H3,(H,21,23)/b8-5+. The minimum atomic E-state index is -0.361. The lowest BCUT2D eigenvalue weighted by Crippen LogP contribution is -2.36. The predicted octanol–water partition coefficient (Wildman–Crippen LogP) is 3.32. The second kappa shape index (κ2) is 8.78. The summed E-state index contributed by atoms with van der Waals surface area (Å²) in [5, 5.41) is 5.04. The Bertz CT molecular complexity index is 796. The van der Waals surface area contributed by atoms with Crippen molar-refractivity contribution in [2.45, 2.75) is 19.9 Å². The van der Waals surface area contributed by atoms with Crippen molar-refractivity contribution in [1.29, 1.82) is 0 Å². The van der Waals surface area contributed by atoms with Crippen LogP contribution >= 0.6 is 11.3 Å². The first-order chi connectivity index (χ1) is 12.6. The molecule has 1 N–H and O–H groups in total. The molecule has 136 valence electrons. The maximum Gasteiger partial charge on any atom is 0.330 e. The quantitative estimate of drug-likeness (QED) is 0.626. The average molecular weight is 370 g/mol. The van der Waals surface area contributed by atoms with E-state index in [9.17, 15) is 9.59 Å². The molecular weight excluding hydrogens is 348 g/mol. The van der Waals surface area contributed by atoms with E-state index in [0.717, 1.165) is 30.8 Å². The Morgan fingerprint density at radius 1 is 1.27 bits per heavy atom. The smallest absolute Gasteiger partial charge is 0.330 e. The van der Waals surface area contributed by atoms with E-state index in [-0.39, 0.29) is 11.9 Å². The number of ether oxygens (including phenoxy) is 1. The van der Waals surface area contributed by atoms with Gasteiger partial charge in [-0.25, -0.2) is 4.79 Å². The van der Waals surface area contributed by atoms with Crippen LogP contribution < -0.4 is 5.32 Å². The van der Waals surface area contributed by atoms with Gasteiger partial charge in [-0.15, -0.1) is 11.3 Å². The van der Waals surface area contributed by atoms with Crippen LogP contribution in [0.1, 0.15) is 22.9 Å². The molecule has 1 aliphatic heterocycles. The molecule has 26 heavy (non-hydrogen) atoms. The van der Waals surface area contributed by atoms with Gasteiger partial charge in [0.1, 0.15) is 0 Å².